The van der Waals surface area contributed by atoms with Gasteiger partial charge in [0.05, 0.1) is 12.6 Å². The molecule has 2 aromatic rings. The number of benzene rings is 1. The van der Waals surface area contributed by atoms with Crippen LogP contribution in [0.2, 0.25) is 0 Å². The molecule has 0 unspecified atom stereocenters. The maximum Gasteiger partial charge on any atom is 0.191 e. The van der Waals surface area contributed by atoms with Gasteiger partial charge >= 0.3 is 0 Å². The van der Waals surface area contributed by atoms with Gasteiger partial charge in [0, 0.05) is 43.3 Å². The van der Waals surface area contributed by atoms with Crippen molar-refractivity contribution in [2.75, 3.05) is 31.1 Å². The molecule has 0 bridgehead atoms. The van der Waals surface area contributed by atoms with Crippen molar-refractivity contribution in [3.63, 3.8) is 0 Å². The smallest absolute Gasteiger partial charge is 0.191 e. The summed E-state index contributed by atoms with van der Waals surface area (Å²) in [6, 6.07) is 6.22. The van der Waals surface area contributed by atoms with E-state index >= 15 is 0 Å². The van der Waals surface area contributed by atoms with Gasteiger partial charge in [-0.15, -0.1) is 11.3 Å². The molecule has 3 rings (SSSR count). The maximum atomic E-state index is 6.25. The summed E-state index contributed by atoms with van der Waals surface area (Å²) >= 11 is 1.67. The van der Waals surface area contributed by atoms with Gasteiger partial charge in [0.1, 0.15) is 5.75 Å². The van der Waals surface area contributed by atoms with E-state index in [4.69, 9.17) is 10.5 Å². The number of nitrogens with zero attached hydrogens (tertiary/aromatic N) is 4. The fourth-order valence-corrected chi connectivity index (χ4v) is 3.62. The van der Waals surface area contributed by atoms with Gasteiger partial charge in [0.2, 0.25) is 0 Å². The highest BCUT2D eigenvalue weighted by Gasteiger charge is 2.19. The highest BCUT2D eigenvalue weighted by molar-refractivity contribution is 7.13. The molecule has 0 saturated carbocycles. The van der Waals surface area contributed by atoms with Gasteiger partial charge in [0.15, 0.2) is 11.1 Å². The molecule has 6 nitrogen and oxygen atoms in total. The molecular weight excluding hydrogens is 346 g/mol. The van der Waals surface area contributed by atoms with E-state index in [0.29, 0.717) is 12.5 Å². The minimum atomic E-state index is 0.135. The lowest BCUT2D eigenvalue weighted by molar-refractivity contribution is 0.240. The quantitative estimate of drug-likeness (QED) is 0.645. The number of hydrogen-bond donors (Lipinski definition) is 1. The third kappa shape index (κ3) is 4.66. The molecule has 2 N–H and O–H groups in total. The molecule has 0 atom stereocenters. The summed E-state index contributed by atoms with van der Waals surface area (Å²) in [6.45, 7) is 10.2. The second kappa shape index (κ2) is 8.40. The minimum absolute atomic E-state index is 0.135. The van der Waals surface area contributed by atoms with E-state index < -0.39 is 0 Å². The number of aliphatic imine (C=N–C) groups is 1. The summed E-state index contributed by atoms with van der Waals surface area (Å²) < 4.78 is 5.92. The number of rotatable bonds is 5. The Balaban J connectivity index is 1.61. The molecule has 1 aromatic heterocycles. The Morgan fingerprint density at radius 3 is 2.73 bits per heavy atom. The number of guanidine groups is 1. The zero-order chi connectivity index (χ0) is 18.5. The Labute approximate surface area is 159 Å². The molecule has 0 amide bonds. The van der Waals surface area contributed by atoms with Crippen LogP contribution in [0.3, 0.4) is 0 Å². The lowest BCUT2D eigenvalue weighted by atomic mass is 10.1. The predicted octanol–water partition coefficient (Wildman–Crippen LogP) is 2.88. The Morgan fingerprint density at radius 1 is 1.31 bits per heavy atom. The molecule has 1 aliphatic rings. The summed E-state index contributed by atoms with van der Waals surface area (Å²) in [7, 11) is 0. The molecule has 26 heavy (non-hydrogen) atoms. The number of aryl methyl sites for hydroxylation is 1. The first-order chi connectivity index (χ1) is 12.5. The van der Waals surface area contributed by atoms with E-state index in [9.17, 15) is 0 Å². The molecule has 7 heteroatoms. The lowest BCUT2D eigenvalue weighted by Gasteiger charge is -2.35. The van der Waals surface area contributed by atoms with Crippen molar-refractivity contribution in [1.82, 2.24) is 9.88 Å². The van der Waals surface area contributed by atoms with Crippen LogP contribution in [-0.4, -0.2) is 48.1 Å². The molecule has 0 spiro atoms. The number of ether oxygens (including phenoxy) is 1. The highest BCUT2D eigenvalue weighted by atomic mass is 32.1. The zero-order valence-corrected chi connectivity index (χ0v) is 16.5. The normalized spacial score (nSPS) is 15.6. The summed E-state index contributed by atoms with van der Waals surface area (Å²) in [4.78, 5) is 13.4. The summed E-state index contributed by atoms with van der Waals surface area (Å²) in [6.07, 6.45) is 1.98. The average molecular weight is 374 g/mol. The minimum Gasteiger partial charge on any atom is -0.491 e. The third-order valence-corrected chi connectivity index (χ3v) is 5.12. The third-order valence-electron chi connectivity index (χ3n) is 4.29. The van der Waals surface area contributed by atoms with Crippen molar-refractivity contribution in [2.24, 2.45) is 10.7 Å². The largest absolute Gasteiger partial charge is 0.491 e. The van der Waals surface area contributed by atoms with E-state index in [-0.39, 0.29) is 6.10 Å². The Hall–Kier alpha value is -2.28. The fourth-order valence-electron chi connectivity index (χ4n) is 2.92. The molecule has 1 fully saturated rings. The van der Waals surface area contributed by atoms with Crippen LogP contribution in [0.1, 0.15) is 25.0 Å². The van der Waals surface area contributed by atoms with Crippen molar-refractivity contribution in [3.8, 4) is 5.75 Å². The van der Waals surface area contributed by atoms with Gasteiger partial charge < -0.3 is 20.3 Å². The van der Waals surface area contributed by atoms with Crippen molar-refractivity contribution in [2.45, 2.75) is 33.4 Å². The van der Waals surface area contributed by atoms with Crippen molar-refractivity contribution in [1.29, 1.82) is 0 Å². The molecule has 140 valence electrons. The monoisotopic (exact) mass is 373 g/mol. The lowest BCUT2D eigenvalue weighted by Crippen LogP contribution is -2.51. The van der Waals surface area contributed by atoms with Crippen LogP contribution in [0.4, 0.5) is 5.13 Å². The van der Waals surface area contributed by atoms with Gasteiger partial charge in [-0.05, 0) is 32.4 Å². The van der Waals surface area contributed by atoms with Crippen LogP contribution in [0, 0.1) is 6.92 Å². The van der Waals surface area contributed by atoms with E-state index in [1.807, 2.05) is 25.4 Å². The van der Waals surface area contributed by atoms with Crippen LogP contribution in [-0.2, 0) is 6.54 Å². The van der Waals surface area contributed by atoms with E-state index in [1.165, 1.54) is 5.56 Å². The van der Waals surface area contributed by atoms with E-state index in [1.54, 1.807) is 11.3 Å². The first kappa shape index (κ1) is 18.5. The highest BCUT2D eigenvalue weighted by Crippen LogP contribution is 2.23. The molecule has 0 aliphatic carbocycles. The predicted molar refractivity (Wildman–Crippen MR) is 108 cm³/mol. The van der Waals surface area contributed by atoms with Crippen LogP contribution in [0.5, 0.6) is 5.75 Å². The topological polar surface area (TPSA) is 67.0 Å². The fraction of sp³-hybridized carbons (Fsp3) is 0.474. The molecule has 1 saturated heterocycles. The standard InChI is InChI=1S/C19H27N5OS/c1-14(2)25-17-12-15(3)4-5-16(17)13-22-18(20)23-7-9-24(10-8-23)19-21-6-11-26-19/h4-6,11-12,14H,7-10,13H2,1-3H3,(H2,20,22). The Kier molecular flexibility index (Phi) is 5.98. The van der Waals surface area contributed by atoms with Gasteiger partial charge in [-0.25, -0.2) is 9.98 Å². The van der Waals surface area contributed by atoms with Crippen LogP contribution < -0.4 is 15.4 Å². The first-order valence-electron chi connectivity index (χ1n) is 8.98. The van der Waals surface area contributed by atoms with E-state index in [2.05, 4.69) is 44.9 Å². The summed E-state index contributed by atoms with van der Waals surface area (Å²) in [5.74, 6) is 1.49. The number of nitrogens with two attached hydrogens (primary N) is 1. The Morgan fingerprint density at radius 2 is 2.08 bits per heavy atom. The van der Waals surface area contributed by atoms with Crippen molar-refractivity contribution in [3.05, 3.63) is 40.9 Å². The summed E-state index contributed by atoms with van der Waals surface area (Å²) in [5.41, 5.74) is 8.49. The molecule has 0 radical (unpaired) electrons. The average Bonchev–Trinajstić information content (AvgIpc) is 3.15. The second-order valence-electron chi connectivity index (χ2n) is 6.74. The van der Waals surface area contributed by atoms with Crippen LogP contribution in [0.25, 0.3) is 0 Å². The zero-order valence-electron chi connectivity index (χ0n) is 15.7. The molecule has 1 aromatic carbocycles. The van der Waals surface area contributed by atoms with Crippen molar-refractivity contribution >= 4 is 22.4 Å². The van der Waals surface area contributed by atoms with Gasteiger partial charge in [-0.1, -0.05) is 12.1 Å². The van der Waals surface area contributed by atoms with Gasteiger partial charge in [-0.2, -0.15) is 0 Å². The number of hydrogen-bond acceptors (Lipinski definition) is 5. The molecule has 1 aliphatic heterocycles. The number of anilines is 1. The van der Waals surface area contributed by atoms with Gasteiger partial charge in [-0.3, -0.25) is 0 Å². The van der Waals surface area contributed by atoms with Crippen LogP contribution >= 0.6 is 11.3 Å². The number of thiazole rings is 1. The SMILES string of the molecule is Cc1ccc(CN=C(N)N2CCN(c3nccs3)CC2)c(OC(C)C)c1. The van der Waals surface area contributed by atoms with Crippen LogP contribution in [0.15, 0.2) is 34.8 Å². The summed E-state index contributed by atoms with van der Waals surface area (Å²) in [5, 5.41) is 3.09. The van der Waals surface area contributed by atoms with Crippen molar-refractivity contribution < 1.29 is 4.74 Å². The molecule has 2 heterocycles. The Bertz CT molecular complexity index is 736. The van der Waals surface area contributed by atoms with Gasteiger partial charge in [0.25, 0.3) is 0 Å². The molecular formula is C19H27N5OS. The van der Waals surface area contributed by atoms with E-state index in [0.717, 1.165) is 42.6 Å². The maximum absolute atomic E-state index is 6.25. The first-order valence-corrected chi connectivity index (χ1v) is 9.86. The number of piperazine rings is 1. The second-order valence-corrected chi connectivity index (χ2v) is 7.61. The number of aromatic nitrogens is 1.